The summed E-state index contributed by atoms with van der Waals surface area (Å²) in [6.07, 6.45) is 1.49. The van der Waals surface area contributed by atoms with Crippen LogP contribution in [0.1, 0.15) is 16.1 Å². The van der Waals surface area contributed by atoms with Gasteiger partial charge in [-0.05, 0) is 24.6 Å². The first-order chi connectivity index (χ1) is 9.44. The Morgan fingerprint density at radius 2 is 2.15 bits per heavy atom. The maximum Gasteiger partial charge on any atom is 0.358 e. The van der Waals surface area contributed by atoms with Gasteiger partial charge in [0, 0.05) is 6.20 Å². The number of aromatic nitrogens is 2. The van der Waals surface area contributed by atoms with Gasteiger partial charge >= 0.3 is 5.97 Å². The van der Waals surface area contributed by atoms with Crippen LogP contribution in [0, 0.1) is 6.92 Å². The van der Waals surface area contributed by atoms with Gasteiger partial charge in [-0.2, -0.15) is 0 Å². The number of nitrogens with one attached hydrogen (secondary N) is 1. The molecular weight excluding hydrogens is 302 g/mol. The van der Waals surface area contributed by atoms with E-state index in [1.54, 1.807) is 12.1 Å². The number of hydrogen-bond donors (Lipinski definition) is 1. The SMILES string of the molecule is COC(=O)c1ncsc1S(=O)(=O)Nc1cc(C)ccn1. The summed E-state index contributed by atoms with van der Waals surface area (Å²) in [5, 5.41) is 0. The second kappa shape index (κ2) is 5.55. The summed E-state index contributed by atoms with van der Waals surface area (Å²) in [6.45, 7) is 1.81. The summed E-state index contributed by atoms with van der Waals surface area (Å²) in [7, 11) is -2.77. The van der Waals surface area contributed by atoms with E-state index in [2.05, 4.69) is 19.4 Å². The van der Waals surface area contributed by atoms with E-state index < -0.39 is 16.0 Å². The van der Waals surface area contributed by atoms with E-state index in [0.29, 0.717) is 0 Å². The summed E-state index contributed by atoms with van der Waals surface area (Å²) >= 11 is 0.833. The Kier molecular flexibility index (Phi) is 4.00. The third-order valence-electron chi connectivity index (χ3n) is 2.31. The van der Waals surface area contributed by atoms with Gasteiger partial charge in [-0.25, -0.2) is 23.2 Å². The van der Waals surface area contributed by atoms with Crippen LogP contribution >= 0.6 is 11.3 Å². The lowest BCUT2D eigenvalue weighted by Crippen LogP contribution is -2.16. The van der Waals surface area contributed by atoms with E-state index in [0.717, 1.165) is 24.0 Å². The molecule has 0 aliphatic carbocycles. The minimum Gasteiger partial charge on any atom is -0.464 e. The van der Waals surface area contributed by atoms with Gasteiger partial charge in [0.2, 0.25) is 0 Å². The lowest BCUT2D eigenvalue weighted by molar-refractivity contribution is 0.0590. The number of nitrogens with zero attached hydrogens (tertiary/aromatic N) is 2. The van der Waals surface area contributed by atoms with Crippen molar-refractivity contribution in [2.45, 2.75) is 11.1 Å². The van der Waals surface area contributed by atoms with Crippen LogP contribution in [0.25, 0.3) is 0 Å². The Labute approximate surface area is 119 Å². The first kappa shape index (κ1) is 14.4. The molecule has 1 N–H and O–H groups in total. The molecule has 0 fully saturated rings. The van der Waals surface area contributed by atoms with Gasteiger partial charge in [-0.15, -0.1) is 11.3 Å². The monoisotopic (exact) mass is 313 g/mol. The van der Waals surface area contributed by atoms with E-state index in [4.69, 9.17) is 0 Å². The number of thiazole rings is 1. The highest BCUT2D eigenvalue weighted by molar-refractivity contribution is 7.94. The molecule has 0 aliphatic heterocycles. The topological polar surface area (TPSA) is 98.2 Å². The molecule has 0 amide bonds. The number of anilines is 1. The molecule has 0 spiro atoms. The zero-order chi connectivity index (χ0) is 14.8. The number of carbonyl (C=O) groups excluding carboxylic acids is 1. The van der Waals surface area contributed by atoms with Crippen molar-refractivity contribution in [2.24, 2.45) is 0 Å². The quantitative estimate of drug-likeness (QED) is 0.857. The Hall–Kier alpha value is -2.00. The number of rotatable bonds is 4. The Morgan fingerprint density at radius 3 is 2.80 bits per heavy atom. The molecule has 2 aromatic rings. The van der Waals surface area contributed by atoms with Crippen molar-refractivity contribution in [1.82, 2.24) is 9.97 Å². The Balaban J connectivity index is 2.36. The lowest BCUT2D eigenvalue weighted by Gasteiger charge is -2.06. The van der Waals surface area contributed by atoms with Crippen LogP contribution in [0.15, 0.2) is 28.0 Å². The number of methoxy groups -OCH3 is 1. The van der Waals surface area contributed by atoms with Crippen LogP contribution in [0.2, 0.25) is 0 Å². The zero-order valence-corrected chi connectivity index (χ0v) is 12.3. The van der Waals surface area contributed by atoms with Crippen LogP contribution in [-0.4, -0.2) is 31.5 Å². The second-order valence-electron chi connectivity index (χ2n) is 3.80. The van der Waals surface area contributed by atoms with Gasteiger partial charge in [-0.1, -0.05) is 0 Å². The molecule has 2 aromatic heterocycles. The highest BCUT2D eigenvalue weighted by Crippen LogP contribution is 2.23. The summed E-state index contributed by atoms with van der Waals surface area (Å²) < 4.78 is 31.1. The van der Waals surface area contributed by atoms with E-state index in [1.165, 1.54) is 11.7 Å². The third-order valence-corrected chi connectivity index (χ3v) is 5.04. The number of carbonyl (C=O) groups is 1. The fourth-order valence-electron chi connectivity index (χ4n) is 1.43. The van der Waals surface area contributed by atoms with Crippen molar-refractivity contribution in [3.63, 3.8) is 0 Å². The molecule has 0 aromatic carbocycles. The predicted molar refractivity (Wildman–Crippen MR) is 73.2 cm³/mol. The molecule has 9 heteroatoms. The highest BCUT2D eigenvalue weighted by atomic mass is 32.2. The van der Waals surface area contributed by atoms with E-state index in [1.807, 2.05) is 6.92 Å². The molecule has 20 heavy (non-hydrogen) atoms. The van der Waals surface area contributed by atoms with Crippen molar-refractivity contribution in [2.75, 3.05) is 11.8 Å². The average molecular weight is 313 g/mol. The van der Waals surface area contributed by atoms with Crippen molar-refractivity contribution < 1.29 is 17.9 Å². The van der Waals surface area contributed by atoms with E-state index in [9.17, 15) is 13.2 Å². The molecule has 0 radical (unpaired) electrons. The largest absolute Gasteiger partial charge is 0.464 e. The lowest BCUT2D eigenvalue weighted by atomic mass is 10.3. The van der Waals surface area contributed by atoms with Crippen LogP contribution in [-0.2, 0) is 14.8 Å². The molecule has 0 unspecified atom stereocenters. The molecule has 2 heterocycles. The van der Waals surface area contributed by atoms with Gasteiger partial charge in [0.05, 0.1) is 12.6 Å². The molecule has 0 aliphatic rings. The minimum absolute atomic E-state index is 0.175. The van der Waals surface area contributed by atoms with Gasteiger partial charge in [0.25, 0.3) is 10.0 Å². The zero-order valence-electron chi connectivity index (χ0n) is 10.7. The number of esters is 1. The third kappa shape index (κ3) is 2.94. The molecule has 0 saturated heterocycles. The number of ether oxygens (including phenoxy) is 1. The highest BCUT2D eigenvalue weighted by Gasteiger charge is 2.26. The summed E-state index contributed by atoms with van der Waals surface area (Å²) in [6, 6.07) is 3.32. The van der Waals surface area contributed by atoms with Crippen LogP contribution in [0.4, 0.5) is 5.82 Å². The Morgan fingerprint density at radius 1 is 1.40 bits per heavy atom. The standard InChI is InChI=1S/C11H11N3O4S2/c1-7-3-4-12-8(5-7)14-20(16,17)11-9(10(15)18-2)13-6-19-11/h3-6H,1-2H3,(H,12,14). The smallest absolute Gasteiger partial charge is 0.358 e. The van der Waals surface area contributed by atoms with Crippen molar-refractivity contribution in [3.05, 3.63) is 35.1 Å². The summed E-state index contributed by atoms with van der Waals surface area (Å²) in [4.78, 5) is 19.1. The fraction of sp³-hybridized carbons (Fsp3) is 0.182. The minimum atomic E-state index is -3.93. The van der Waals surface area contributed by atoms with Crippen LogP contribution < -0.4 is 4.72 Å². The first-order valence-corrected chi connectivity index (χ1v) is 7.77. The molecule has 0 saturated carbocycles. The van der Waals surface area contributed by atoms with Crippen molar-refractivity contribution in [1.29, 1.82) is 0 Å². The van der Waals surface area contributed by atoms with Crippen molar-refractivity contribution in [3.8, 4) is 0 Å². The van der Waals surface area contributed by atoms with Gasteiger partial charge in [0.15, 0.2) is 9.90 Å². The summed E-state index contributed by atoms with van der Waals surface area (Å²) in [5.41, 5.74) is 1.89. The Bertz CT molecular complexity index is 740. The maximum atomic E-state index is 12.2. The van der Waals surface area contributed by atoms with E-state index in [-0.39, 0.29) is 15.7 Å². The van der Waals surface area contributed by atoms with Crippen LogP contribution in [0.3, 0.4) is 0 Å². The maximum absolute atomic E-state index is 12.2. The van der Waals surface area contributed by atoms with Gasteiger partial charge in [-0.3, -0.25) is 4.72 Å². The first-order valence-electron chi connectivity index (χ1n) is 5.41. The molecular formula is C11H11N3O4S2. The molecule has 0 atom stereocenters. The number of pyridine rings is 1. The molecule has 2 rings (SSSR count). The number of hydrogen-bond acceptors (Lipinski definition) is 7. The predicted octanol–water partition coefficient (Wildman–Crippen LogP) is 1.43. The normalized spacial score (nSPS) is 11.1. The molecule has 7 nitrogen and oxygen atoms in total. The van der Waals surface area contributed by atoms with E-state index >= 15 is 0 Å². The van der Waals surface area contributed by atoms with Gasteiger partial charge in [0.1, 0.15) is 5.82 Å². The number of sulfonamides is 1. The number of aryl methyl sites for hydroxylation is 1. The average Bonchev–Trinajstić information content (AvgIpc) is 2.87. The van der Waals surface area contributed by atoms with Crippen LogP contribution in [0.5, 0.6) is 0 Å². The van der Waals surface area contributed by atoms with Gasteiger partial charge < -0.3 is 4.74 Å². The molecule has 0 bridgehead atoms. The second-order valence-corrected chi connectivity index (χ2v) is 6.54. The fourth-order valence-corrected chi connectivity index (χ4v) is 3.57. The molecule has 106 valence electrons. The summed E-state index contributed by atoms with van der Waals surface area (Å²) in [5.74, 6) is -0.627. The van der Waals surface area contributed by atoms with Crippen molar-refractivity contribution >= 4 is 33.1 Å².